The molecule has 0 bridgehead atoms. The summed E-state index contributed by atoms with van der Waals surface area (Å²) in [5.41, 5.74) is 19.4. The van der Waals surface area contributed by atoms with Crippen molar-refractivity contribution < 1.29 is 19.1 Å². The van der Waals surface area contributed by atoms with Crippen LogP contribution in [0.1, 0.15) is 101 Å². The molecule has 0 N–H and O–H groups in total. The van der Waals surface area contributed by atoms with Crippen molar-refractivity contribution in [3.8, 4) is 0 Å². The fourth-order valence-corrected chi connectivity index (χ4v) is 4.52. The number of aryl methyl sites for hydroxylation is 2. The van der Waals surface area contributed by atoms with Crippen molar-refractivity contribution in [3.05, 3.63) is 88.0 Å². The molecular formula is C32H46N2Ni. The van der Waals surface area contributed by atoms with Gasteiger partial charge in [-0.1, -0.05) is 77.1 Å². The summed E-state index contributed by atoms with van der Waals surface area (Å²) >= 11 is 1.62. The van der Waals surface area contributed by atoms with Crippen LogP contribution in [0, 0.1) is 0 Å². The van der Waals surface area contributed by atoms with Crippen LogP contribution < -0.4 is 0 Å². The number of unbranched alkanes of at least 4 members (excludes halogenated alkanes) is 5. The fourth-order valence-electron chi connectivity index (χ4n) is 4.52. The molecule has 1 heterocycles. The summed E-state index contributed by atoms with van der Waals surface area (Å²) in [6.45, 7) is 6.71. The normalized spacial score (nSPS) is 13.2. The number of hydrogen-bond acceptors (Lipinski definition) is 0. The standard InChI is InChI=1S/C30H40N2.2CH3.Ni/c1-4-7-10-11-15-25-16-12-19-26(21-25)29-23-28(18-9-6-3)30(32(29)31)27-20-13-17-24(22-27)14-8-5-2;;;/h12-13,16-17,19-23H,4-11,14-15,18H2,1-3H3;2*1H3;. The predicted octanol–water partition coefficient (Wildman–Crippen LogP) is 10.3. The van der Waals surface area contributed by atoms with Gasteiger partial charge < -0.3 is 5.53 Å². The van der Waals surface area contributed by atoms with Crippen LogP contribution in [0.4, 0.5) is 0 Å². The minimum atomic E-state index is 0.903. The maximum atomic E-state index is 11.3. The van der Waals surface area contributed by atoms with Crippen molar-refractivity contribution in [1.82, 2.24) is 0 Å². The Kier molecular flexibility index (Phi) is 13.9. The third kappa shape index (κ3) is 9.19. The first kappa shape index (κ1) is 29.2. The molecule has 3 rings (SSSR count). The zero-order valence-corrected chi connectivity index (χ0v) is 23.7. The van der Waals surface area contributed by atoms with E-state index >= 15 is 0 Å². The second-order valence-corrected chi connectivity index (χ2v) is 10.4. The van der Waals surface area contributed by atoms with Gasteiger partial charge in [-0.25, -0.2) is 4.70 Å². The van der Waals surface area contributed by atoms with Crippen LogP contribution in [0.2, 0.25) is 11.8 Å². The molecule has 0 saturated heterocycles. The summed E-state index contributed by atoms with van der Waals surface area (Å²) in [4.78, 5) is 0. The second kappa shape index (κ2) is 16.6. The Labute approximate surface area is 221 Å². The van der Waals surface area contributed by atoms with Crippen LogP contribution in [0.15, 0.2) is 60.2 Å². The van der Waals surface area contributed by atoms with Gasteiger partial charge in [0.05, 0.1) is 0 Å². The van der Waals surface area contributed by atoms with E-state index in [0.29, 0.717) is 0 Å². The van der Waals surface area contributed by atoms with Gasteiger partial charge in [-0.3, -0.25) is 0 Å². The van der Waals surface area contributed by atoms with Crippen molar-refractivity contribution in [1.29, 1.82) is 0 Å². The van der Waals surface area contributed by atoms with E-state index in [0.717, 1.165) is 54.6 Å². The summed E-state index contributed by atoms with van der Waals surface area (Å²) < 4.78 is 1.44. The van der Waals surface area contributed by atoms with E-state index in [1.165, 1.54) is 59.9 Å². The molecule has 2 aromatic carbocycles. The zero-order chi connectivity index (χ0) is 25.5. The van der Waals surface area contributed by atoms with Crippen molar-refractivity contribution in [3.63, 3.8) is 0 Å². The molecule has 0 saturated carbocycles. The van der Waals surface area contributed by atoms with E-state index in [-0.39, 0.29) is 0 Å². The summed E-state index contributed by atoms with van der Waals surface area (Å²) in [6, 6.07) is 17.5. The number of benzene rings is 2. The van der Waals surface area contributed by atoms with Crippen molar-refractivity contribution in [2.45, 2.75) is 103 Å². The van der Waals surface area contributed by atoms with Gasteiger partial charge in [0.25, 0.3) is 0 Å². The molecule has 35 heavy (non-hydrogen) atoms. The Balaban J connectivity index is 0.00000137. The van der Waals surface area contributed by atoms with Crippen LogP contribution >= 0.6 is 0 Å². The molecule has 0 aromatic heterocycles. The third-order valence-electron chi connectivity index (χ3n) is 6.42. The quantitative estimate of drug-likeness (QED) is 0.144. The second-order valence-electron chi connectivity index (χ2n) is 9.45. The monoisotopic (exact) mass is 516 g/mol. The van der Waals surface area contributed by atoms with Crippen molar-refractivity contribution in [2.75, 3.05) is 0 Å². The van der Waals surface area contributed by atoms with Crippen LogP contribution in [-0.2, 0) is 27.3 Å². The molecule has 0 atom stereocenters. The number of nitrogens with zero attached hydrogens (tertiary/aromatic N) is 2. The third-order valence-corrected chi connectivity index (χ3v) is 6.42. The Bertz CT molecular complexity index is 987. The molecular weight excluding hydrogens is 471 g/mol. The molecule has 0 aliphatic carbocycles. The van der Waals surface area contributed by atoms with Gasteiger partial charge in [0.15, 0.2) is 0 Å². The number of rotatable bonds is 13. The predicted molar refractivity (Wildman–Crippen MR) is 149 cm³/mol. The van der Waals surface area contributed by atoms with Crippen molar-refractivity contribution >= 4 is 11.4 Å². The average molecular weight is 517 g/mol. The van der Waals surface area contributed by atoms with Gasteiger partial charge in [0, 0.05) is 22.8 Å². The molecule has 0 radical (unpaired) electrons. The van der Waals surface area contributed by atoms with Crippen molar-refractivity contribution in [2.24, 2.45) is 0 Å². The SMILES string of the molecule is CCCCCCc1cccc(C2=CC(CCCC)=C(c3cccc(CCCC)c3)[N+]2=[N-])c1.[CH3][Ni][CH3]. The topological polar surface area (TPSA) is 25.3 Å². The first-order valence-corrected chi connectivity index (χ1v) is 15.4. The minimum absolute atomic E-state index is 0.903. The molecule has 0 unspecified atom stereocenters. The van der Waals surface area contributed by atoms with E-state index < -0.39 is 0 Å². The fraction of sp³-hybridized carbons (Fsp3) is 0.500. The molecule has 2 aromatic rings. The summed E-state index contributed by atoms with van der Waals surface area (Å²) in [5.74, 6) is 4.12. The molecule has 1 aliphatic heterocycles. The van der Waals surface area contributed by atoms with E-state index in [4.69, 9.17) is 0 Å². The zero-order valence-electron chi connectivity index (χ0n) is 22.7. The Morgan fingerprint density at radius 2 is 1.23 bits per heavy atom. The van der Waals surface area contributed by atoms with Gasteiger partial charge in [-0.15, -0.1) is 0 Å². The van der Waals surface area contributed by atoms with E-state index in [9.17, 15) is 5.53 Å². The number of hydrogen-bond donors (Lipinski definition) is 0. The summed E-state index contributed by atoms with van der Waals surface area (Å²) in [5, 5.41) is 0. The maximum absolute atomic E-state index is 11.3. The van der Waals surface area contributed by atoms with Crippen LogP contribution in [0.5, 0.6) is 0 Å². The molecule has 194 valence electrons. The molecule has 2 nitrogen and oxygen atoms in total. The molecule has 3 heteroatoms. The van der Waals surface area contributed by atoms with Crippen LogP contribution in [0.3, 0.4) is 0 Å². The van der Waals surface area contributed by atoms with E-state index in [1.54, 1.807) is 14.4 Å². The van der Waals surface area contributed by atoms with Gasteiger partial charge in [-0.05, 0) is 73.9 Å². The average Bonchev–Trinajstić information content (AvgIpc) is 3.21. The van der Waals surface area contributed by atoms with E-state index in [1.807, 2.05) is 0 Å². The van der Waals surface area contributed by atoms with Gasteiger partial charge >= 0.3 is 26.2 Å². The first-order chi connectivity index (χ1) is 17.1. The summed E-state index contributed by atoms with van der Waals surface area (Å²) in [7, 11) is 0. The van der Waals surface area contributed by atoms with Crippen LogP contribution in [0.25, 0.3) is 16.9 Å². The van der Waals surface area contributed by atoms with Gasteiger partial charge in [-0.2, -0.15) is 0 Å². The first-order valence-electron chi connectivity index (χ1n) is 13.4. The van der Waals surface area contributed by atoms with Crippen LogP contribution in [-0.4, -0.2) is 4.70 Å². The molecule has 1 aliphatic rings. The molecule has 0 fully saturated rings. The Morgan fingerprint density at radius 3 is 1.86 bits per heavy atom. The summed E-state index contributed by atoms with van der Waals surface area (Å²) in [6.07, 6.45) is 15.2. The Hall–Kier alpha value is -1.99. The molecule has 0 spiro atoms. The molecule has 0 amide bonds. The van der Waals surface area contributed by atoms with E-state index in [2.05, 4.69) is 87.2 Å². The number of allylic oxidation sites excluding steroid dienone is 2. The Morgan fingerprint density at radius 1 is 0.686 bits per heavy atom. The van der Waals surface area contributed by atoms with Gasteiger partial charge in [0.1, 0.15) is 0 Å². The van der Waals surface area contributed by atoms with Gasteiger partial charge in [0.2, 0.25) is 11.4 Å².